The lowest BCUT2D eigenvalue weighted by Crippen LogP contribution is -2.47. The van der Waals surface area contributed by atoms with Crippen molar-refractivity contribution in [2.24, 2.45) is 0 Å². The summed E-state index contributed by atoms with van der Waals surface area (Å²) in [5.41, 5.74) is 1.98. The number of benzene rings is 1. The van der Waals surface area contributed by atoms with Gasteiger partial charge in [0.1, 0.15) is 28.3 Å². The molecular formula is C33H40F5N5O3S. The van der Waals surface area contributed by atoms with Gasteiger partial charge >= 0.3 is 12.3 Å². The molecule has 0 saturated carbocycles. The van der Waals surface area contributed by atoms with Crippen molar-refractivity contribution in [3.63, 3.8) is 0 Å². The maximum atomic E-state index is 17.1. The van der Waals surface area contributed by atoms with Crippen LogP contribution in [0.1, 0.15) is 83.4 Å². The first-order valence-electron chi connectivity index (χ1n) is 15.6. The number of thioether (sulfide) groups is 1. The van der Waals surface area contributed by atoms with E-state index in [-0.39, 0.29) is 64.3 Å². The van der Waals surface area contributed by atoms with E-state index in [0.717, 1.165) is 24.8 Å². The fraction of sp³-hybridized carbons (Fsp3) is 0.545. The van der Waals surface area contributed by atoms with Gasteiger partial charge in [-0.15, -0.1) is 0 Å². The molecule has 1 aliphatic carbocycles. The van der Waals surface area contributed by atoms with E-state index < -0.39 is 58.0 Å². The number of allylic oxidation sites excluding steroid dienone is 1. The largest absolute Gasteiger partial charge is 0.494 e. The van der Waals surface area contributed by atoms with E-state index in [0.29, 0.717) is 24.8 Å². The lowest BCUT2D eigenvalue weighted by molar-refractivity contribution is -0.138. The number of fused-ring (bicyclic) bond motifs is 2. The molecule has 3 atom stereocenters. The first-order chi connectivity index (χ1) is 21.9. The number of ether oxygens (including phenoxy) is 2. The van der Waals surface area contributed by atoms with E-state index in [2.05, 4.69) is 15.3 Å². The molecule has 14 heteroatoms. The van der Waals surface area contributed by atoms with Crippen molar-refractivity contribution in [3.05, 3.63) is 44.7 Å². The standard InChI is InChI=1S/C33H40F5N5O3S/c1-8-17-12-22-24-28(27(35)23(17)20-13-21(39)26(34)16(3)25(20)33(36,37)38)41-30(47-7)42-29(24)40-14-19-10-9-18(11-15(2)45-22)43(19)31(44)46-32(4,5)6/h13,15,18-19H,8-12,14,39H2,1-7H3,(H,40,41,42)/t15-,18+,19?/m0/s1. The number of alkyl halides is 3. The number of halogens is 5. The number of hydrogen-bond donors (Lipinski definition) is 2. The van der Waals surface area contributed by atoms with Crippen LogP contribution >= 0.6 is 11.8 Å². The first-order valence-corrected chi connectivity index (χ1v) is 16.8. The van der Waals surface area contributed by atoms with Crippen LogP contribution < -0.4 is 21.6 Å². The third-order valence-electron chi connectivity index (χ3n) is 8.69. The smallest absolute Gasteiger partial charge is 0.417 e. The van der Waals surface area contributed by atoms with Gasteiger partial charge in [-0.2, -0.15) is 13.2 Å². The minimum atomic E-state index is -5.01. The van der Waals surface area contributed by atoms with E-state index in [1.54, 1.807) is 38.9 Å². The lowest BCUT2D eigenvalue weighted by atomic mass is 9.88. The van der Waals surface area contributed by atoms with Crippen LogP contribution in [0, 0.1) is 12.7 Å². The van der Waals surface area contributed by atoms with E-state index in [9.17, 15) is 22.4 Å². The van der Waals surface area contributed by atoms with Gasteiger partial charge in [-0.1, -0.05) is 24.3 Å². The molecular weight excluding hydrogens is 641 g/mol. The first kappa shape index (κ1) is 34.8. The van der Waals surface area contributed by atoms with Crippen LogP contribution in [0.25, 0.3) is 17.2 Å². The van der Waals surface area contributed by atoms with Crippen LogP contribution in [0.4, 0.5) is 38.3 Å². The number of carbonyl (C=O) groups excluding carboxylic acids is 1. The van der Waals surface area contributed by atoms with Gasteiger partial charge in [-0.05, 0) is 77.3 Å². The molecule has 1 saturated heterocycles. The molecule has 1 amide bonds. The van der Waals surface area contributed by atoms with Crippen molar-refractivity contribution in [2.45, 2.75) is 109 Å². The normalized spacial score (nSPS) is 21.9. The molecule has 256 valence electrons. The third kappa shape index (κ3) is 6.75. The van der Waals surface area contributed by atoms with Gasteiger partial charge in [0.15, 0.2) is 11.0 Å². The number of carbonyl (C=O) groups is 1. The Labute approximate surface area is 274 Å². The second-order valence-electron chi connectivity index (χ2n) is 13.2. The average Bonchev–Trinajstić information content (AvgIpc) is 3.31. The molecule has 3 N–H and O–H groups in total. The second kappa shape index (κ2) is 12.8. The van der Waals surface area contributed by atoms with Gasteiger partial charge in [0, 0.05) is 31.0 Å². The van der Waals surface area contributed by atoms with Crippen molar-refractivity contribution >= 4 is 46.5 Å². The fourth-order valence-electron chi connectivity index (χ4n) is 6.71. The van der Waals surface area contributed by atoms with Crippen molar-refractivity contribution in [2.75, 3.05) is 23.9 Å². The van der Waals surface area contributed by atoms with Crippen LogP contribution in [-0.2, 0) is 15.7 Å². The van der Waals surface area contributed by atoms with Crippen LogP contribution in [-0.4, -0.2) is 57.6 Å². The minimum absolute atomic E-state index is 0.0647. The van der Waals surface area contributed by atoms with Crippen LogP contribution in [0.5, 0.6) is 0 Å². The van der Waals surface area contributed by atoms with Gasteiger partial charge in [0.25, 0.3) is 0 Å². The summed E-state index contributed by atoms with van der Waals surface area (Å²) in [5, 5.41) is 3.42. The number of nitrogens with two attached hydrogens (primary N) is 1. The Morgan fingerprint density at radius 2 is 1.87 bits per heavy atom. The number of nitrogen functional groups attached to an aromatic ring is 1. The Kier molecular flexibility index (Phi) is 9.48. The Morgan fingerprint density at radius 3 is 2.49 bits per heavy atom. The summed E-state index contributed by atoms with van der Waals surface area (Å²) in [6.07, 6.45) is -2.33. The van der Waals surface area contributed by atoms with E-state index in [4.69, 9.17) is 15.2 Å². The summed E-state index contributed by atoms with van der Waals surface area (Å²) in [7, 11) is 0. The zero-order valence-corrected chi connectivity index (χ0v) is 28.3. The molecule has 1 aromatic heterocycles. The summed E-state index contributed by atoms with van der Waals surface area (Å²) in [5.74, 6) is -1.71. The number of rotatable bonds is 3. The van der Waals surface area contributed by atoms with Gasteiger partial charge in [-0.25, -0.2) is 23.5 Å². The van der Waals surface area contributed by atoms with Gasteiger partial charge < -0.3 is 25.4 Å². The molecule has 2 bridgehead atoms. The highest BCUT2D eigenvalue weighted by Crippen LogP contribution is 2.45. The van der Waals surface area contributed by atoms with E-state index in [1.165, 1.54) is 0 Å². The summed E-state index contributed by atoms with van der Waals surface area (Å²) in [6.45, 7) is 10.2. The number of hydrogen-bond acceptors (Lipinski definition) is 8. The zero-order valence-electron chi connectivity index (χ0n) is 27.5. The topological polar surface area (TPSA) is 103 Å². The molecule has 0 radical (unpaired) electrons. The van der Waals surface area contributed by atoms with Crippen LogP contribution in [0.2, 0.25) is 0 Å². The number of amides is 1. The molecule has 3 heterocycles. The summed E-state index contributed by atoms with van der Waals surface area (Å²) >= 11 is 1.13. The number of aromatic nitrogens is 2. The van der Waals surface area contributed by atoms with Crippen molar-refractivity contribution in [1.82, 2.24) is 14.9 Å². The van der Waals surface area contributed by atoms with E-state index in [1.807, 2.05) is 6.92 Å². The maximum Gasteiger partial charge on any atom is 0.417 e. The molecule has 8 nitrogen and oxygen atoms in total. The van der Waals surface area contributed by atoms with Gasteiger partial charge in [0.2, 0.25) is 0 Å². The predicted molar refractivity (Wildman–Crippen MR) is 172 cm³/mol. The van der Waals surface area contributed by atoms with E-state index >= 15 is 4.39 Å². The summed E-state index contributed by atoms with van der Waals surface area (Å²) in [6, 6.07) is 0.373. The Morgan fingerprint density at radius 1 is 1.19 bits per heavy atom. The molecule has 3 aliphatic rings. The zero-order chi connectivity index (χ0) is 34.6. The highest BCUT2D eigenvalue weighted by molar-refractivity contribution is 7.98. The van der Waals surface area contributed by atoms with Crippen molar-refractivity contribution < 1.29 is 36.2 Å². The quantitative estimate of drug-likeness (QED) is 0.160. The van der Waals surface area contributed by atoms with Crippen molar-refractivity contribution in [3.8, 4) is 0 Å². The third-order valence-corrected chi connectivity index (χ3v) is 9.24. The Balaban J connectivity index is 1.76. The number of nitrogens with zero attached hydrogens (tertiary/aromatic N) is 3. The molecule has 1 unspecified atom stereocenters. The lowest BCUT2D eigenvalue weighted by Gasteiger charge is -2.33. The average molecular weight is 682 g/mol. The molecule has 47 heavy (non-hydrogen) atoms. The van der Waals surface area contributed by atoms with Crippen LogP contribution in [0.15, 0.2) is 16.8 Å². The monoisotopic (exact) mass is 681 g/mol. The SMILES string of the molecule is CCC1=C(c2cc(N)c(F)c(C)c2C(F)(F)F)C(F)=c2nc(SC)nc3c2=C(C1)O[C@@H](C)C[C@H]1CCC(CN3)N1C(=O)OC(C)(C)C. The highest BCUT2D eigenvalue weighted by atomic mass is 32.2. The minimum Gasteiger partial charge on any atom is -0.494 e. The Bertz CT molecular complexity index is 1750. The van der Waals surface area contributed by atoms with Gasteiger partial charge in [0.05, 0.1) is 28.6 Å². The highest BCUT2D eigenvalue weighted by Gasteiger charge is 2.42. The molecule has 2 aliphatic heterocycles. The van der Waals surface area contributed by atoms with Crippen molar-refractivity contribution in [1.29, 1.82) is 0 Å². The molecule has 1 aromatic carbocycles. The molecule has 2 aromatic rings. The fourth-order valence-corrected chi connectivity index (χ4v) is 7.08. The molecule has 5 rings (SSSR count). The Hall–Kier alpha value is -3.55. The van der Waals surface area contributed by atoms with Gasteiger partial charge in [-0.3, -0.25) is 0 Å². The number of anilines is 2. The molecule has 0 spiro atoms. The maximum absolute atomic E-state index is 17.1. The second-order valence-corrected chi connectivity index (χ2v) is 13.9. The van der Waals surface area contributed by atoms with Crippen LogP contribution in [0.3, 0.4) is 0 Å². The number of nitrogens with one attached hydrogen (secondary N) is 1. The summed E-state index contributed by atoms with van der Waals surface area (Å²) in [4.78, 5) is 24.3. The predicted octanol–water partition coefficient (Wildman–Crippen LogP) is 6.69. The molecule has 1 fully saturated rings. The summed E-state index contributed by atoms with van der Waals surface area (Å²) < 4.78 is 87.9.